The largest absolute Gasteiger partial charge is 0.366 e. The number of benzene rings is 2. The molecule has 1 amide bonds. The third-order valence-electron chi connectivity index (χ3n) is 5.72. The zero-order valence-electron chi connectivity index (χ0n) is 15.9. The maximum Gasteiger partial charge on any atom is 0.249 e. The van der Waals surface area contributed by atoms with Crippen molar-refractivity contribution in [2.45, 2.75) is 39.7 Å². The number of primary amides is 1. The van der Waals surface area contributed by atoms with E-state index in [9.17, 15) is 4.79 Å². The quantitative estimate of drug-likeness (QED) is 0.763. The van der Waals surface area contributed by atoms with Crippen LogP contribution >= 0.6 is 0 Å². The van der Waals surface area contributed by atoms with E-state index < -0.39 is 0 Å². The molecule has 1 unspecified atom stereocenters. The van der Waals surface area contributed by atoms with Crippen molar-refractivity contribution in [1.82, 2.24) is 9.55 Å². The van der Waals surface area contributed by atoms with Crippen LogP contribution in [0.4, 0.5) is 0 Å². The van der Waals surface area contributed by atoms with Crippen molar-refractivity contribution < 1.29 is 4.79 Å². The predicted molar refractivity (Wildman–Crippen MR) is 108 cm³/mol. The van der Waals surface area contributed by atoms with Gasteiger partial charge in [-0.05, 0) is 66.5 Å². The van der Waals surface area contributed by atoms with Crippen LogP contribution in [-0.4, -0.2) is 15.5 Å². The minimum atomic E-state index is -0.370. The second kappa shape index (κ2) is 7.03. The molecule has 0 aliphatic carbocycles. The molecule has 2 heterocycles. The highest BCUT2D eigenvalue weighted by molar-refractivity contribution is 6.00. The normalized spacial score (nSPS) is 16.1. The maximum absolute atomic E-state index is 12.1. The molecule has 3 aromatic rings. The summed E-state index contributed by atoms with van der Waals surface area (Å²) in [5.41, 5.74) is 11.9. The Morgan fingerprint density at radius 3 is 2.81 bits per heavy atom. The summed E-state index contributed by atoms with van der Waals surface area (Å²) in [6, 6.07) is 12.4. The Hall–Kier alpha value is -2.88. The van der Waals surface area contributed by atoms with Crippen LogP contribution in [0.15, 0.2) is 48.8 Å². The predicted octanol–water partition coefficient (Wildman–Crippen LogP) is 4.07. The van der Waals surface area contributed by atoms with Crippen LogP contribution in [0.5, 0.6) is 0 Å². The smallest absolute Gasteiger partial charge is 0.249 e. The van der Waals surface area contributed by atoms with Gasteiger partial charge >= 0.3 is 0 Å². The Morgan fingerprint density at radius 1 is 1.19 bits per heavy atom. The van der Waals surface area contributed by atoms with Gasteiger partial charge in [0.25, 0.3) is 0 Å². The summed E-state index contributed by atoms with van der Waals surface area (Å²) < 4.78 is 2.24. The zero-order chi connectivity index (χ0) is 19.0. The lowest BCUT2D eigenvalue weighted by Gasteiger charge is -2.24. The van der Waals surface area contributed by atoms with E-state index in [1.54, 1.807) is 0 Å². The van der Waals surface area contributed by atoms with Crippen molar-refractivity contribution in [2.24, 2.45) is 11.7 Å². The van der Waals surface area contributed by atoms with E-state index >= 15 is 0 Å². The number of amides is 1. The number of aromatic nitrogens is 2. The van der Waals surface area contributed by atoms with Gasteiger partial charge < -0.3 is 10.3 Å². The molecule has 1 aliphatic heterocycles. The minimum absolute atomic E-state index is 0.370. The number of carbonyl (C=O) groups excluding carboxylic acids is 1. The third kappa shape index (κ3) is 3.52. The van der Waals surface area contributed by atoms with Gasteiger partial charge in [-0.15, -0.1) is 0 Å². The van der Waals surface area contributed by atoms with Gasteiger partial charge in [0.05, 0.1) is 0 Å². The van der Waals surface area contributed by atoms with Crippen LogP contribution < -0.4 is 5.73 Å². The highest BCUT2D eigenvalue weighted by Crippen LogP contribution is 2.29. The van der Waals surface area contributed by atoms with E-state index in [0.717, 1.165) is 36.9 Å². The van der Waals surface area contributed by atoms with E-state index in [2.05, 4.69) is 53.9 Å². The second-order valence-electron chi connectivity index (χ2n) is 7.65. The van der Waals surface area contributed by atoms with Gasteiger partial charge in [-0.2, -0.15) is 0 Å². The molecule has 1 atom stereocenters. The fraction of sp³-hybridized carbons (Fsp3) is 0.304. The van der Waals surface area contributed by atoms with Gasteiger partial charge in [-0.25, -0.2) is 4.98 Å². The minimum Gasteiger partial charge on any atom is -0.366 e. The maximum atomic E-state index is 12.1. The molecule has 0 saturated heterocycles. The Kier molecular flexibility index (Phi) is 4.56. The molecule has 4 heteroatoms. The molecule has 2 N–H and O–H groups in total. The second-order valence-corrected chi connectivity index (χ2v) is 7.65. The summed E-state index contributed by atoms with van der Waals surface area (Å²) in [5, 5.41) is 0. The van der Waals surface area contributed by atoms with E-state index in [-0.39, 0.29) is 5.91 Å². The first-order chi connectivity index (χ1) is 13.0. The molecule has 1 aromatic heterocycles. The lowest BCUT2D eigenvalue weighted by Crippen LogP contribution is -2.22. The van der Waals surface area contributed by atoms with Gasteiger partial charge in [0.15, 0.2) is 0 Å². The number of nitrogens with zero attached hydrogens (tertiary/aromatic N) is 2. The summed E-state index contributed by atoms with van der Waals surface area (Å²) in [4.78, 5) is 16.5. The van der Waals surface area contributed by atoms with Crippen molar-refractivity contribution in [3.63, 3.8) is 0 Å². The van der Waals surface area contributed by atoms with E-state index in [1.807, 2.05) is 18.3 Å². The molecule has 27 heavy (non-hydrogen) atoms. The third-order valence-corrected chi connectivity index (χ3v) is 5.72. The molecule has 2 aromatic carbocycles. The van der Waals surface area contributed by atoms with E-state index in [0.29, 0.717) is 11.5 Å². The molecular weight excluding hydrogens is 334 g/mol. The molecule has 0 bridgehead atoms. The van der Waals surface area contributed by atoms with Crippen LogP contribution in [0.25, 0.3) is 11.1 Å². The Bertz CT molecular complexity index is 1000. The highest BCUT2D eigenvalue weighted by atomic mass is 16.1. The number of aryl methyl sites for hydroxylation is 3. The number of fused-ring (bicyclic) bond motifs is 1. The molecule has 4 rings (SSSR count). The van der Waals surface area contributed by atoms with Gasteiger partial charge in [0.2, 0.25) is 5.91 Å². The van der Waals surface area contributed by atoms with Crippen LogP contribution in [-0.2, 0) is 19.4 Å². The van der Waals surface area contributed by atoms with E-state index in [1.165, 1.54) is 22.5 Å². The SMILES string of the molecule is Cc1ccc(-c2ccc(CC3CCc4nccn4C3)cc2C(N)=O)cc1C. The molecule has 0 radical (unpaired) electrons. The summed E-state index contributed by atoms with van der Waals surface area (Å²) in [5.74, 6) is 1.36. The van der Waals surface area contributed by atoms with Crippen LogP contribution in [0.1, 0.15) is 39.3 Å². The lowest BCUT2D eigenvalue weighted by atomic mass is 9.89. The first-order valence-corrected chi connectivity index (χ1v) is 9.51. The lowest BCUT2D eigenvalue weighted by molar-refractivity contribution is 0.100. The number of carbonyl (C=O) groups is 1. The summed E-state index contributed by atoms with van der Waals surface area (Å²) in [6.45, 7) is 5.16. The highest BCUT2D eigenvalue weighted by Gasteiger charge is 2.20. The van der Waals surface area contributed by atoms with Gasteiger partial charge in [0, 0.05) is 30.9 Å². The monoisotopic (exact) mass is 359 g/mol. The van der Waals surface area contributed by atoms with Crippen LogP contribution in [0.2, 0.25) is 0 Å². The molecule has 4 nitrogen and oxygen atoms in total. The van der Waals surface area contributed by atoms with Crippen molar-refractivity contribution in [2.75, 3.05) is 0 Å². The molecular formula is C23H25N3O. The zero-order valence-corrected chi connectivity index (χ0v) is 15.9. The van der Waals surface area contributed by atoms with Crippen LogP contribution in [0, 0.1) is 19.8 Å². The van der Waals surface area contributed by atoms with Gasteiger partial charge in [-0.1, -0.05) is 30.3 Å². The average molecular weight is 359 g/mol. The first-order valence-electron chi connectivity index (χ1n) is 9.51. The molecule has 138 valence electrons. The topological polar surface area (TPSA) is 60.9 Å². The van der Waals surface area contributed by atoms with Crippen molar-refractivity contribution >= 4 is 5.91 Å². The molecule has 0 saturated carbocycles. The van der Waals surface area contributed by atoms with Crippen molar-refractivity contribution in [1.29, 1.82) is 0 Å². The number of imidazole rings is 1. The number of hydrogen-bond acceptors (Lipinski definition) is 2. The first kappa shape index (κ1) is 17.5. The number of nitrogens with two attached hydrogens (primary N) is 1. The summed E-state index contributed by atoms with van der Waals surface area (Å²) >= 11 is 0. The molecule has 1 aliphatic rings. The molecule has 0 spiro atoms. The Balaban J connectivity index is 1.61. The van der Waals surface area contributed by atoms with Gasteiger partial charge in [0.1, 0.15) is 5.82 Å². The van der Waals surface area contributed by atoms with Gasteiger partial charge in [-0.3, -0.25) is 4.79 Å². The average Bonchev–Trinajstić information content (AvgIpc) is 3.12. The molecule has 0 fully saturated rings. The number of hydrogen-bond donors (Lipinski definition) is 1. The fourth-order valence-corrected chi connectivity index (χ4v) is 4.02. The van der Waals surface area contributed by atoms with Crippen molar-refractivity contribution in [3.8, 4) is 11.1 Å². The Labute approximate surface area is 160 Å². The van der Waals surface area contributed by atoms with Crippen molar-refractivity contribution in [3.05, 3.63) is 76.9 Å². The van der Waals surface area contributed by atoms with E-state index in [4.69, 9.17) is 5.73 Å². The summed E-state index contributed by atoms with van der Waals surface area (Å²) in [7, 11) is 0. The number of rotatable bonds is 4. The summed E-state index contributed by atoms with van der Waals surface area (Å²) in [6.07, 6.45) is 7.02. The fourth-order valence-electron chi connectivity index (χ4n) is 4.02. The Morgan fingerprint density at radius 2 is 2.04 bits per heavy atom. The standard InChI is InChI=1S/C23H25N3O/c1-15-3-6-19(11-16(15)2)20-7-4-17(13-21(20)23(24)27)12-18-5-8-22-25-9-10-26(22)14-18/h3-4,6-7,9-11,13,18H,5,8,12,14H2,1-2H3,(H2,24,27). The van der Waals surface area contributed by atoms with Crippen LogP contribution in [0.3, 0.4) is 0 Å².